The first-order valence-electron chi connectivity index (χ1n) is 4.98. The van der Waals surface area contributed by atoms with Crippen LogP contribution in [-0.4, -0.2) is 20.9 Å². The van der Waals surface area contributed by atoms with Gasteiger partial charge in [0.15, 0.2) is 0 Å². The average molecular weight is 216 g/mol. The Bertz CT molecular complexity index is 438. The zero-order chi connectivity index (χ0) is 11.2. The summed E-state index contributed by atoms with van der Waals surface area (Å²) in [6, 6.07) is 3.69. The van der Waals surface area contributed by atoms with Crippen LogP contribution in [0.5, 0.6) is 0 Å². The number of rotatable bonds is 4. The van der Waals surface area contributed by atoms with Gasteiger partial charge in [-0.2, -0.15) is 0 Å². The second-order valence-electron chi connectivity index (χ2n) is 3.35. The normalized spacial score (nSPS) is 10.0. The van der Waals surface area contributed by atoms with Gasteiger partial charge >= 0.3 is 0 Å². The Hall–Kier alpha value is -2.17. The molecule has 0 radical (unpaired) electrons. The van der Waals surface area contributed by atoms with Gasteiger partial charge in [0.25, 0.3) is 0 Å². The van der Waals surface area contributed by atoms with E-state index in [9.17, 15) is 4.79 Å². The molecule has 0 atom stereocenters. The van der Waals surface area contributed by atoms with Gasteiger partial charge in [0.1, 0.15) is 5.82 Å². The van der Waals surface area contributed by atoms with E-state index in [4.69, 9.17) is 0 Å². The quantitative estimate of drug-likeness (QED) is 0.788. The molecule has 5 heteroatoms. The molecule has 0 saturated carbocycles. The summed E-state index contributed by atoms with van der Waals surface area (Å²) < 4.78 is 0. The number of amides is 1. The van der Waals surface area contributed by atoms with E-state index in [-0.39, 0.29) is 5.91 Å². The fourth-order valence-corrected chi connectivity index (χ4v) is 1.33. The molecule has 0 bridgehead atoms. The molecule has 16 heavy (non-hydrogen) atoms. The van der Waals surface area contributed by atoms with Crippen LogP contribution in [0.4, 0.5) is 0 Å². The van der Waals surface area contributed by atoms with Crippen molar-refractivity contribution in [3.05, 3.63) is 48.3 Å². The first-order chi connectivity index (χ1) is 7.84. The molecule has 2 aromatic heterocycles. The molecule has 0 unspecified atom stereocenters. The lowest BCUT2D eigenvalue weighted by molar-refractivity contribution is -0.120. The van der Waals surface area contributed by atoms with Crippen LogP contribution in [0.3, 0.4) is 0 Å². The third-order valence-corrected chi connectivity index (χ3v) is 2.10. The van der Waals surface area contributed by atoms with Crippen molar-refractivity contribution in [2.75, 3.05) is 0 Å². The minimum Gasteiger partial charge on any atom is -0.349 e. The molecule has 1 amide bonds. The molecule has 0 saturated heterocycles. The summed E-state index contributed by atoms with van der Waals surface area (Å²) in [6.07, 6.45) is 7.09. The summed E-state index contributed by atoms with van der Waals surface area (Å²) in [6.45, 7) is 0.423. The highest BCUT2D eigenvalue weighted by Crippen LogP contribution is 1.97. The van der Waals surface area contributed by atoms with Gasteiger partial charge in [-0.25, -0.2) is 4.98 Å². The Kier molecular flexibility index (Phi) is 3.28. The minimum absolute atomic E-state index is 0.0376. The van der Waals surface area contributed by atoms with Gasteiger partial charge in [-0.15, -0.1) is 0 Å². The largest absolute Gasteiger partial charge is 0.349 e. The highest BCUT2D eigenvalue weighted by atomic mass is 16.1. The van der Waals surface area contributed by atoms with Crippen molar-refractivity contribution in [3.63, 3.8) is 0 Å². The van der Waals surface area contributed by atoms with Crippen molar-refractivity contribution in [3.8, 4) is 0 Å². The summed E-state index contributed by atoms with van der Waals surface area (Å²) in [4.78, 5) is 22.4. The van der Waals surface area contributed by atoms with Gasteiger partial charge in [-0.3, -0.25) is 9.78 Å². The van der Waals surface area contributed by atoms with E-state index in [0.717, 1.165) is 11.4 Å². The van der Waals surface area contributed by atoms with Crippen LogP contribution in [0.1, 0.15) is 11.4 Å². The van der Waals surface area contributed by atoms with Crippen LogP contribution in [0.25, 0.3) is 0 Å². The van der Waals surface area contributed by atoms with E-state index in [1.54, 1.807) is 24.8 Å². The summed E-state index contributed by atoms with van der Waals surface area (Å²) in [7, 11) is 0. The Morgan fingerprint density at radius 2 is 2.38 bits per heavy atom. The van der Waals surface area contributed by atoms with Crippen molar-refractivity contribution in [1.29, 1.82) is 0 Å². The van der Waals surface area contributed by atoms with Crippen molar-refractivity contribution in [2.45, 2.75) is 13.0 Å². The number of hydrogen-bond donors (Lipinski definition) is 2. The highest BCUT2D eigenvalue weighted by Gasteiger charge is 2.03. The molecule has 82 valence electrons. The zero-order valence-electron chi connectivity index (χ0n) is 8.68. The van der Waals surface area contributed by atoms with E-state index in [2.05, 4.69) is 20.3 Å². The van der Waals surface area contributed by atoms with Crippen LogP contribution < -0.4 is 5.32 Å². The topological polar surface area (TPSA) is 70.7 Å². The fraction of sp³-hybridized carbons (Fsp3) is 0.182. The molecule has 0 spiro atoms. The number of pyridine rings is 1. The first-order valence-corrected chi connectivity index (χ1v) is 4.98. The highest BCUT2D eigenvalue weighted by molar-refractivity contribution is 5.78. The van der Waals surface area contributed by atoms with E-state index in [1.807, 2.05) is 12.1 Å². The standard InChI is InChI=1S/C11H12N4O/c16-11(6-9-2-1-3-12-7-9)15-8-10-13-4-5-14-10/h1-5,7H,6,8H2,(H,13,14)(H,15,16). The predicted octanol–water partition coefficient (Wildman–Crippen LogP) is 0.664. The van der Waals surface area contributed by atoms with E-state index in [1.165, 1.54) is 0 Å². The van der Waals surface area contributed by atoms with Gasteiger partial charge in [0.2, 0.25) is 5.91 Å². The zero-order valence-corrected chi connectivity index (χ0v) is 8.68. The molecular weight excluding hydrogens is 204 g/mol. The smallest absolute Gasteiger partial charge is 0.224 e. The van der Waals surface area contributed by atoms with Crippen LogP contribution in [-0.2, 0) is 17.8 Å². The maximum absolute atomic E-state index is 11.5. The van der Waals surface area contributed by atoms with Crippen LogP contribution >= 0.6 is 0 Å². The lowest BCUT2D eigenvalue weighted by Crippen LogP contribution is -2.25. The number of carbonyl (C=O) groups is 1. The third kappa shape index (κ3) is 2.91. The molecule has 2 heterocycles. The van der Waals surface area contributed by atoms with Crippen LogP contribution in [0.2, 0.25) is 0 Å². The fourth-order valence-electron chi connectivity index (χ4n) is 1.33. The van der Waals surface area contributed by atoms with Crippen LogP contribution in [0.15, 0.2) is 36.9 Å². The van der Waals surface area contributed by atoms with Gasteiger partial charge in [-0.1, -0.05) is 6.07 Å². The van der Waals surface area contributed by atoms with Crippen molar-refractivity contribution >= 4 is 5.91 Å². The maximum Gasteiger partial charge on any atom is 0.224 e. The molecule has 0 aliphatic carbocycles. The summed E-state index contributed by atoms with van der Waals surface area (Å²) in [5, 5.41) is 2.77. The number of hydrogen-bond acceptors (Lipinski definition) is 3. The SMILES string of the molecule is O=C(Cc1cccnc1)NCc1ncc[nH]1. The maximum atomic E-state index is 11.5. The molecule has 0 aliphatic rings. The Balaban J connectivity index is 1.81. The predicted molar refractivity (Wildman–Crippen MR) is 58.4 cm³/mol. The number of nitrogens with one attached hydrogen (secondary N) is 2. The number of aromatic nitrogens is 3. The van der Waals surface area contributed by atoms with Gasteiger partial charge in [0.05, 0.1) is 13.0 Å². The molecule has 2 aromatic rings. The number of imidazole rings is 1. The second-order valence-corrected chi connectivity index (χ2v) is 3.35. The number of aromatic amines is 1. The summed E-state index contributed by atoms with van der Waals surface area (Å²) >= 11 is 0. The third-order valence-electron chi connectivity index (χ3n) is 2.10. The molecule has 5 nitrogen and oxygen atoms in total. The summed E-state index contributed by atoms with van der Waals surface area (Å²) in [5.41, 5.74) is 0.902. The molecule has 2 N–H and O–H groups in total. The first kappa shape index (κ1) is 10.4. The molecule has 0 aliphatic heterocycles. The van der Waals surface area contributed by atoms with Crippen molar-refractivity contribution in [1.82, 2.24) is 20.3 Å². The lowest BCUT2D eigenvalue weighted by Gasteiger charge is -2.02. The minimum atomic E-state index is -0.0376. The van der Waals surface area contributed by atoms with Crippen molar-refractivity contribution in [2.24, 2.45) is 0 Å². The lowest BCUT2D eigenvalue weighted by atomic mass is 10.2. The Labute approximate surface area is 92.9 Å². The van der Waals surface area contributed by atoms with E-state index < -0.39 is 0 Å². The molecule has 0 fully saturated rings. The van der Waals surface area contributed by atoms with Crippen molar-refractivity contribution < 1.29 is 4.79 Å². The molecule has 2 rings (SSSR count). The Morgan fingerprint density at radius 1 is 1.44 bits per heavy atom. The second kappa shape index (κ2) is 5.06. The van der Waals surface area contributed by atoms with Crippen LogP contribution in [0, 0.1) is 0 Å². The molecule has 0 aromatic carbocycles. The van der Waals surface area contributed by atoms with Gasteiger partial charge in [0, 0.05) is 24.8 Å². The number of H-pyrrole nitrogens is 1. The van der Waals surface area contributed by atoms with E-state index >= 15 is 0 Å². The van der Waals surface area contributed by atoms with Gasteiger partial charge in [-0.05, 0) is 11.6 Å². The number of nitrogens with zero attached hydrogens (tertiary/aromatic N) is 2. The number of carbonyl (C=O) groups excluding carboxylic acids is 1. The molecular formula is C11H12N4O. The monoisotopic (exact) mass is 216 g/mol. The average Bonchev–Trinajstić information content (AvgIpc) is 2.81. The van der Waals surface area contributed by atoms with E-state index in [0.29, 0.717) is 13.0 Å². The van der Waals surface area contributed by atoms with Gasteiger partial charge < -0.3 is 10.3 Å². The summed E-state index contributed by atoms with van der Waals surface area (Å²) in [5.74, 6) is 0.712. The Morgan fingerprint density at radius 3 is 3.06 bits per heavy atom.